The largest absolute Gasteiger partial charge is 0.418 e. The molecule has 0 saturated heterocycles. The zero-order valence-corrected chi connectivity index (χ0v) is 6.12. The van der Waals surface area contributed by atoms with E-state index in [4.69, 9.17) is 5.73 Å². The quantitative estimate of drug-likeness (QED) is 0.502. The Bertz CT molecular complexity index is 330. The Kier molecular flexibility index (Phi) is 2.15. The molecule has 6 heteroatoms. The van der Waals surface area contributed by atoms with Gasteiger partial charge in [0.15, 0.2) is 11.6 Å². The molecule has 0 spiro atoms. The van der Waals surface area contributed by atoms with E-state index >= 15 is 0 Å². The molecule has 72 valence electrons. The van der Waals surface area contributed by atoms with Crippen LogP contribution in [0, 0.1) is 11.6 Å². The summed E-state index contributed by atoms with van der Waals surface area (Å²) in [4.78, 5) is 0. The van der Waals surface area contributed by atoms with Gasteiger partial charge >= 0.3 is 6.18 Å². The molecule has 13 heavy (non-hydrogen) atoms. The van der Waals surface area contributed by atoms with Gasteiger partial charge in [-0.25, -0.2) is 8.78 Å². The maximum atomic E-state index is 12.4. The van der Waals surface area contributed by atoms with Gasteiger partial charge in [0.1, 0.15) is 0 Å². The van der Waals surface area contributed by atoms with Crippen LogP contribution in [0.5, 0.6) is 0 Å². The van der Waals surface area contributed by atoms with Crippen molar-refractivity contribution >= 4 is 5.69 Å². The first kappa shape index (κ1) is 9.76. The van der Waals surface area contributed by atoms with E-state index in [9.17, 15) is 22.0 Å². The SMILES string of the molecule is Nc1cc(F)c(F)cc1C(F)(F)F. The molecule has 0 aliphatic rings. The Balaban J connectivity index is 3.32. The van der Waals surface area contributed by atoms with Crippen LogP contribution in [0.2, 0.25) is 0 Å². The molecule has 0 saturated carbocycles. The Hall–Kier alpha value is -1.33. The lowest BCUT2D eigenvalue weighted by Gasteiger charge is -2.09. The highest BCUT2D eigenvalue weighted by Crippen LogP contribution is 2.34. The van der Waals surface area contributed by atoms with Crippen LogP contribution < -0.4 is 5.73 Å². The second-order valence-electron chi connectivity index (χ2n) is 2.35. The molecule has 0 bridgehead atoms. The van der Waals surface area contributed by atoms with E-state index in [0.717, 1.165) is 0 Å². The molecule has 2 N–H and O–H groups in total. The van der Waals surface area contributed by atoms with Gasteiger partial charge in [0.25, 0.3) is 0 Å². The maximum absolute atomic E-state index is 12.4. The smallest absolute Gasteiger partial charge is 0.398 e. The van der Waals surface area contributed by atoms with Crippen molar-refractivity contribution in [2.45, 2.75) is 6.18 Å². The van der Waals surface area contributed by atoms with E-state index in [0.29, 0.717) is 6.07 Å². The van der Waals surface area contributed by atoms with Crippen LogP contribution in [0.3, 0.4) is 0 Å². The fourth-order valence-electron chi connectivity index (χ4n) is 0.808. The topological polar surface area (TPSA) is 26.0 Å². The Morgan fingerprint density at radius 3 is 1.92 bits per heavy atom. The number of anilines is 1. The highest BCUT2D eigenvalue weighted by Gasteiger charge is 2.34. The number of hydrogen-bond acceptors (Lipinski definition) is 1. The molecule has 0 aliphatic heterocycles. The minimum absolute atomic E-state index is 0.0324. The number of nitrogens with two attached hydrogens (primary N) is 1. The molecular weight excluding hydrogens is 193 g/mol. The molecule has 0 heterocycles. The summed E-state index contributed by atoms with van der Waals surface area (Å²) in [5.74, 6) is -2.97. The molecule has 1 aromatic carbocycles. The monoisotopic (exact) mass is 197 g/mol. The third kappa shape index (κ3) is 1.88. The summed E-state index contributed by atoms with van der Waals surface area (Å²) in [6.07, 6.45) is -4.77. The van der Waals surface area contributed by atoms with Gasteiger partial charge in [-0.2, -0.15) is 13.2 Å². The summed E-state index contributed by atoms with van der Waals surface area (Å²) < 4.78 is 60.7. The van der Waals surface area contributed by atoms with E-state index < -0.39 is 29.1 Å². The lowest BCUT2D eigenvalue weighted by molar-refractivity contribution is -0.137. The standard InChI is InChI=1S/C7H4F5N/c8-4-1-3(7(10,11)12)6(13)2-5(4)9/h1-2H,13H2. The van der Waals surface area contributed by atoms with Gasteiger partial charge in [-0.1, -0.05) is 0 Å². The molecule has 0 aliphatic carbocycles. The zero-order chi connectivity index (χ0) is 10.2. The fourth-order valence-corrected chi connectivity index (χ4v) is 0.808. The Morgan fingerprint density at radius 1 is 1.00 bits per heavy atom. The molecule has 0 radical (unpaired) electrons. The van der Waals surface area contributed by atoms with Crippen LogP contribution in [0.4, 0.5) is 27.6 Å². The Morgan fingerprint density at radius 2 is 1.46 bits per heavy atom. The van der Waals surface area contributed by atoms with Gasteiger partial charge in [-0.3, -0.25) is 0 Å². The average Bonchev–Trinajstić information content (AvgIpc) is 1.94. The van der Waals surface area contributed by atoms with E-state index in [1.165, 1.54) is 0 Å². The molecule has 1 nitrogen and oxygen atoms in total. The van der Waals surface area contributed by atoms with Crippen molar-refractivity contribution in [3.05, 3.63) is 29.3 Å². The number of nitrogen functional groups attached to an aromatic ring is 1. The molecule has 0 atom stereocenters. The number of benzene rings is 1. The summed E-state index contributed by atoms with van der Waals surface area (Å²) in [6, 6.07) is 0.336. The van der Waals surface area contributed by atoms with Crippen molar-refractivity contribution in [2.24, 2.45) is 0 Å². The first-order valence-electron chi connectivity index (χ1n) is 3.14. The van der Waals surface area contributed by atoms with Crippen molar-refractivity contribution in [1.29, 1.82) is 0 Å². The van der Waals surface area contributed by atoms with Crippen LogP contribution in [0.15, 0.2) is 12.1 Å². The maximum Gasteiger partial charge on any atom is 0.418 e. The van der Waals surface area contributed by atoms with Gasteiger partial charge in [0.2, 0.25) is 0 Å². The predicted molar refractivity (Wildman–Crippen MR) is 35.8 cm³/mol. The van der Waals surface area contributed by atoms with E-state index in [-0.39, 0.29) is 6.07 Å². The third-order valence-corrected chi connectivity index (χ3v) is 1.40. The second-order valence-corrected chi connectivity index (χ2v) is 2.35. The van der Waals surface area contributed by atoms with Crippen LogP contribution in [-0.2, 0) is 6.18 Å². The van der Waals surface area contributed by atoms with Crippen LogP contribution in [0.25, 0.3) is 0 Å². The summed E-state index contributed by atoms with van der Waals surface area (Å²) >= 11 is 0. The highest BCUT2D eigenvalue weighted by atomic mass is 19.4. The fraction of sp³-hybridized carbons (Fsp3) is 0.143. The van der Waals surface area contributed by atoms with E-state index in [2.05, 4.69) is 0 Å². The van der Waals surface area contributed by atoms with Gasteiger partial charge in [-0.15, -0.1) is 0 Å². The first-order valence-corrected chi connectivity index (χ1v) is 3.14. The van der Waals surface area contributed by atoms with E-state index in [1.807, 2.05) is 0 Å². The van der Waals surface area contributed by atoms with Crippen molar-refractivity contribution < 1.29 is 22.0 Å². The summed E-state index contributed by atoms with van der Waals surface area (Å²) in [7, 11) is 0. The van der Waals surface area contributed by atoms with Crippen LogP contribution >= 0.6 is 0 Å². The van der Waals surface area contributed by atoms with Crippen LogP contribution in [-0.4, -0.2) is 0 Å². The van der Waals surface area contributed by atoms with Crippen molar-refractivity contribution in [3.63, 3.8) is 0 Å². The molecule has 0 unspecified atom stereocenters. The molecule has 0 amide bonds. The van der Waals surface area contributed by atoms with E-state index in [1.54, 1.807) is 0 Å². The average molecular weight is 197 g/mol. The third-order valence-electron chi connectivity index (χ3n) is 1.40. The number of hydrogen-bond donors (Lipinski definition) is 1. The van der Waals surface area contributed by atoms with Crippen LogP contribution in [0.1, 0.15) is 5.56 Å². The van der Waals surface area contributed by atoms with Gasteiger partial charge in [0.05, 0.1) is 5.56 Å². The van der Waals surface area contributed by atoms with Crippen molar-refractivity contribution in [3.8, 4) is 0 Å². The van der Waals surface area contributed by atoms with Gasteiger partial charge in [-0.05, 0) is 6.07 Å². The van der Waals surface area contributed by atoms with Gasteiger partial charge < -0.3 is 5.73 Å². The summed E-state index contributed by atoms with van der Waals surface area (Å²) in [5.41, 5.74) is 2.65. The normalized spacial score (nSPS) is 11.8. The lowest BCUT2D eigenvalue weighted by Crippen LogP contribution is -2.10. The number of rotatable bonds is 0. The first-order chi connectivity index (χ1) is 5.82. The number of halogens is 5. The van der Waals surface area contributed by atoms with Crippen molar-refractivity contribution in [1.82, 2.24) is 0 Å². The molecular formula is C7H4F5N. The molecule has 1 rings (SSSR count). The summed E-state index contributed by atoms with van der Waals surface area (Å²) in [5, 5.41) is 0. The minimum Gasteiger partial charge on any atom is -0.398 e. The summed E-state index contributed by atoms with van der Waals surface area (Å²) in [6.45, 7) is 0. The Labute approximate surface area is 70.0 Å². The lowest BCUT2D eigenvalue weighted by atomic mass is 10.1. The molecule has 0 fully saturated rings. The van der Waals surface area contributed by atoms with Crippen molar-refractivity contribution in [2.75, 3.05) is 5.73 Å². The number of alkyl halides is 3. The minimum atomic E-state index is -4.77. The molecule has 0 aromatic heterocycles. The molecule has 1 aromatic rings. The van der Waals surface area contributed by atoms with Gasteiger partial charge in [0, 0.05) is 11.8 Å². The highest BCUT2D eigenvalue weighted by molar-refractivity contribution is 5.48. The second kappa shape index (κ2) is 2.86. The predicted octanol–water partition coefficient (Wildman–Crippen LogP) is 2.57. The zero-order valence-electron chi connectivity index (χ0n) is 6.12.